The summed E-state index contributed by atoms with van der Waals surface area (Å²) in [7, 11) is 0. The highest BCUT2D eigenvalue weighted by Gasteiger charge is 2.32. The maximum Gasteiger partial charge on any atom is 0.228 e. The number of aromatic nitrogens is 3. The maximum atomic E-state index is 12.9. The Kier molecular flexibility index (Phi) is 6.02. The fourth-order valence-electron chi connectivity index (χ4n) is 4.83. The Balaban J connectivity index is 1.48. The smallest absolute Gasteiger partial charge is 0.228 e. The SMILES string of the molecule is Cc1ncc(CN2CCCC[C@@H]2c2nc(C)c3c(n2)N(Cc2ccccc2)C(=O)CC3)s1. The van der Waals surface area contributed by atoms with E-state index in [0.717, 1.165) is 59.4 Å². The van der Waals surface area contributed by atoms with Crippen molar-refractivity contribution in [2.24, 2.45) is 0 Å². The first-order valence-corrected chi connectivity index (χ1v) is 12.3. The Morgan fingerprint density at radius 2 is 1.91 bits per heavy atom. The summed E-state index contributed by atoms with van der Waals surface area (Å²) in [6, 6.07) is 10.3. The van der Waals surface area contributed by atoms with Crippen molar-refractivity contribution in [2.45, 2.75) is 65.1 Å². The van der Waals surface area contributed by atoms with Crippen molar-refractivity contribution in [3.8, 4) is 0 Å². The maximum absolute atomic E-state index is 12.9. The zero-order chi connectivity index (χ0) is 22.1. The number of carbonyl (C=O) groups is 1. The molecule has 3 aromatic rings. The quantitative estimate of drug-likeness (QED) is 0.564. The summed E-state index contributed by atoms with van der Waals surface area (Å²) in [5, 5.41) is 1.10. The Bertz CT molecular complexity index is 1110. The zero-order valence-electron chi connectivity index (χ0n) is 18.8. The highest BCUT2D eigenvalue weighted by Crippen LogP contribution is 2.35. The lowest BCUT2D eigenvalue weighted by Crippen LogP contribution is -2.38. The fourth-order valence-corrected chi connectivity index (χ4v) is 5.65. The highest BCUT2D eigenvalue weighted by atomic mass is 32.1. The van der Waals surface area contributed by atoms with Gasteiger partial charge in [0.25, 0.3) is 0 Å². The number of benzene rings is 1. The zero-order valence-corrected chi connectivity index (χ0v) is 19.6. The van der Waals surface area contributed by atoms with Crippen LogP contribution in [-0.2, 0) is 24.3 Å². The number of aryl methyl sites for hydroxylation is 2. The number of thiazole rings is 1. The van der Waals surface area contributed by atoms with E-state index in [4.69, 9.17) is 9.97 Å². The minimum absolute atomic E-state index is 0.144. The standard InChI is InChI=1S/C25H29N5OS/c1-17-21-11-12-23(31)30(15-19-8-4-3-5-9-19)25(21)28-24(27-17)22-10-6-7-13-29(22)16-20-14-26-18(2)32-20/h3-5,8-9,14,22H,6-7,10-13,15-16H2,1-2H3/t22-/m1/s1. The van der Waals surface area contributed by atoms with Crippen LogP contribution in [0.5, 0.6) is 0 Å². The van der Waals surface area contributed by atoms with Gasteiger partial charge in [-0.05, 0) is 45.2 Å². The summed E-state index contributed by atoms with van der Waals surface area (Å²) in [5.41, 5.74) is 3.24. The summed E-state index contributed by atoms with van der Waals surface area (Å²) in [5.74, 6) is 1.81. The molecule has 0 spiro atoms. The third kappa shape index (κ3) is 4.32. The van der Waals surface area contributed by atoms with Gasteiger partial charge in [0.1, 0.15) is 11.6 Å². The van der Waals surface area contributed by atoms with Gasteiger partial charge >= 0.3 is 0 Å². The molecule has 1 saturated heterocycles. The van der Waals surface area contributed by atoms with Crippen LogP contribution in [0.4, 0.5) is 5.82 Å². The number of likely N-dealkylation sites (tertiary alicyclic amines) is 1. The van der Waals surface area contributed by atoms with Crippen LogP contribution in [0.2, 0.25) is 0 Å². The lowest BCUT2D eigenvalue weighted by Gasteiger charge is -2.36. The fraction of sp³-hybridized carbons (Fsp3) is 0.440. The number of rotatable bonds is 5. The topological polar surface area (TPSA) is 62.2 Å². The molecule has 2 aliphatic rings. The van der Waals surface area contributed by atoms with Gasteiger partial charge in [-0.3, -0.25) is 14.6 Å². The van der Waals surface area contributed by atoms with Crippen LogP contribution >= 0.6 is 11.3 Å². The molecule has 0 N–H and O–H groups in total. The van der Waals surface area contributed by atoms with Gasteiger partial charge < -0.3 is 0 Å². The molecule has 0 aliphatic carbocycles. The number of fused-ring (bicyclic) bond motifs is 1. The van der Waals surface area contributed by atoms with Gasteiger partial charge in [0.2, 0.25) is 5.91 Å². The van der Waals surface area contributed by atoms with E-state index in [1.54, 1.807) is 11.3 Å². The van der Waals surface area contributed by atoms with Gasteiger partial charge in [-0.15, -0.1) is 11.3 Å². The molecule has 0 saturated carbocycles. The summed E-state index contributed by atoms with van der Waals surface area (Å²) >= 11 is 1.76. The van der Waals surface area contributed by atoms with Crippen LogP contribution in [0.25, 0.3) is 0 Å². The Labute approximate surface area is 193 Å². The van der Waals surface area contributed by atoms with Gasteiger partial charge in [0, 0.05) is 35.3 Å². The number of hydrogen-bond donors (Lipinski definition) is 0. The Morgan fingerprint density at radius 1 is 1.06 bits per heavy atom. The molecule has 7 heteroatoms. The second kappa shape index (κ2) is 9.08. The van der Waals surface area contributed by atoms with E-state index in [0.29, 0.717) is 13.0 Å². The molecular weight excluding hydrogens is 418 g/mol. The lowest BCUT2D eigenvalue weighted by molar-refractivity contribution is -0.119. The second-order valence-electron chi connectivity index (χ2n) is 8.76. The molecule has 1 aromatic carbocycles. The molecule has 0 unspecified atom stereocenters. The van der Waals surface area contributed by atoms with E-state index < -0.39 is 0 Å². The Hall–Kier alpha value is -2.64. The molecule has 6 nitrogen and oxygen atoms in total. The van der Waals surface area contributed by atoms with Crippen molar-refractivity contribution in [2.75, 3.05) is 11.4 Å². The number of carbonyl (C=O) groups excluding carboxylic acids is 1. The first-order chi connectivity index (χ1) is 15.6. The monoisotopic (exact) mass is 447 g/mol. The van der Waals surface area contributed by atoms with Crippen LogP contribution in [-0.4, -0.2) is 32.3 Å². The van der Waals surface area contributed by atoms with E-state index in [-0.39, 0.29) is 11.9 Å². The third-order valence-electron chi connectivity index (χ3n) is 6.48. The number of anilines is 1. The number of hydrogen-bond acceptors (Lipinski definition) is 6. The van der Waals surface area contributed by atoms with E-state index in [1.807, 2.05) is 29.3 Å². The van der Waals surface area contributed by atoms with Crippen LogP contribution in [0.15, 0.2) is 36.5 Å². The van der Waals surface area contributed by atoms with Gasteiger partial charge in [0.15, 0.2) is 0 Å². The molecule has 32 heavy (non-hydrogen) atoms. The molecule has 2 aliphatic heterocycles. The van der Waals surface area contributed by atoms with Crippen LogP contribution in [0, 0.1) is 13.8 Å². The molecule has 166 valence electrons. The molecule has 4 heterocycles. The number of nitrogens with zero attached hydrogens (tertiary/aromatic N) is 5. The van der Waals surface area contributed by atoms with Crippen LogP contribution in [0.1, 0.15) is 64.3 Å². The van der Waals surface area contributed by atoms with E-state index in [9.17, 15) is 4.79 Å². The average Bonchev–Trinajstić information content (AvgIpc) is 3.21. The van der Waals surface area contributed by atoms with Crippen molar-refractivity contribution in [3.63, 3.8) is 0 Å². The van der Waals surface area contributed by atoms with Crippen molar-refractivity contribution in [3.05, 3.63) is 69.1 Å². The summed E-state index contributed by atoms with van der Waals surface area (Å²) in [6.45, 7) is 6.59. The largest absolute Gasteiger partial charge is 0.292 e. The third-order valence-corrected chi connectivity index (χ3v) is 7.38. The molecule has 1 amide bonds. The molecule has 0 radical (unpaired) electrons. The average molecular weight is 448 g/mol. The van der Waals surface area contributed by atoms with Gasteiger partial charge in [-0.25, -0.2) is 15.0 Å². The van der Waals surface area contributed by atoms with Crippen molar-refractivity contribution in [1.82, 2.24) is 19.9 Å². The molecule has 0 bridgehead atoms. The molecule has 1 fully saturated rings. The summed E-state index contributed by atoms with van der Waals surface area (Å²) < 4.78 is 0. The van der Waals surface area contributed by atoms with Crippen LogP contribution in [0.3, 0.4) is 0 Å². The second-order valence-corrected chi connectivity index (χ2v) is 10.1. The molecule has 5 rings (SSSR count). The van der Waals surface area contributed by atoms with Gasteiger partial charge in [0.05, 0.1) is 17.6 Å². The van der Waals surface area contributed by atoms with Gasteiger partial charge in [-0.2, -0.15) is 0 Å². The number of piperidine rings is 1. The van der Waals surface area contributed by atoms with E-state index in [2.05, 4.69) is 35.9 Å². The Morgan fingerprint density at radius 3 is 2.69 bits per heavy atom. The minimum atomic E-state index is 0.144. The van der Waals surface area contributed by atoms with Gasteiger partial charge in [-0.1, -0.05) is 36.8 Å². The number of amides is 1. The predicted octanol–water partition coefficient (Wildman–Crippen LogP) is 4.76. The van der Waals surface area contributed by atoms with E-state index >= 15 is 0 Å². The first kappa shape index (κ1) is 21.2. The minimum Gasteiger partial charge on any atom is -0.292 e. The predicted molar refractivity (Wildman–Crippen MR) is 127 cm³/mol. The van der Waals surface area contributed by atoms with Crippen LogP contribution < -0.4 is 4.90 Å². The lowest BCUT2D eigenvalue weighted by atomic mass is 9.99. The van der Waals surface area contributed by atoms with Crippen molar-refractivity contribution in [1.29, 1.82) is 0 Å². The molecular formula is C25H29N5OS. The van der Waals surface area contributed by atoms with E-state index in [1.165, 1.54) is 17.7 Å². The molecule has 2 aromatic heterocycles. The summed E-state index contributed by atoms with van der Waals surface area (Å²) in [6.07, 6.45) is 6.64. The first-order valence-electron chi connectivity index (χ1n) is 11.5. The van der Waals surface area contributed by atoms with Crippen molar-refractivity contribution >= 4 is 23.1 Å². The normalized spacial score (nSPS) is 19.2. The van der Waals surface area contributed by atoms with Crippen molar-refractivity contribution < 1.29 is 4.79 Å². The summed E-state index contributed by atoms with van der Waals surface area (Å²) in [4.78, 5) is 33.0. The molecule has 1 atom stereocenters. The highest BCUT2D eigenvalue weighted by molar-refractivity contribution is 7.11.